The molecule has 0 unspecified atom stereocenters. The average Bonchev–Trinajstić information content (AvgIpc) is 2.66. The van der Waals surface area contributed by atoms with Crippen LogP contribution in [0.2, 0.25) is 0 Å². The summed E-state index contributed by atoms with van der Waals surface area (Å²) in [6, 6.07) is 6.33. The highest BCUT2D eigenvalue weighted by Crippen LogP contribution is 2.11. The molecule has 1 aromatic heterocycles. The Hall–Kier alpha value is -1.68. The number of nitrogens with zero attached hydrogens (tertiary/aromatic N) is 1. The maximum atomic E-state index is 12.9. The lowest BCUT2D eigenvalue weighted by Crippen LogP contribution is -1.89. The molecular weight excluding hydrogens is 209 g/mol. The fourth-order valence-corrected chi connectivity index (χ4v) is 1.48. The van der Waals surface area contributed by atoms with Gasteiger partial charge in [0.05, 0.1) is 12.8 Å². The Morgan fingerprint density at radius 3 is 3.00 bits per heavy atom. The third-order valence-electron chi connectivity index (χ3n) is 2.20. The van der Waals surface area contributed by atoms with Crippen molar-refractivity contribution in [3.8, 4) is 0 Å². The molecule has 16 heavy (non-hydrogen) atoms. The maximum Gasteiger partial charge on any atom is 0.198 e. The largest absolute Gasteiger partial charge is 0.445 e. The quantitative estimate of drug-likeness (QED) is 0.858. The standard InChI is InChI=1S/C12H12FNO2/c13-10-3-1-2-9(6-10)7-12-14-8-11(16-12)4-5-15/h1-3,6,8,15H,4-5,7H2. The molecule has 2 rings (SSSR count). The number of halogens is 1. The van der Waals surface area contributed by atoms with Gasteiger partial charge in [0.1, 0.15) is 11.6 Å². The van der Waals surface area contributed by atoms with E-state index in [1.807, 2.05) is 6.07 Å². The van der Waals surface area contributed by atoms with Gasteiger partial charge in [0, 0.05) is 12.8 Å². The molecule has 0 radical (unpaired) electrons. The molecule has 0 aliphatic heterocycles. The van der Waals surface area contributed by atoms with Crippen LogP contribution in [-0.2, 0) is 12.8 Å². The smallest absolute Gasteiger partial charge is 0.198 e. The summed E-state index contributed by atoms with van der Waals surface area (Å²) in [5, 5.41) is 8.72. The van der Waals surface area contributed by atoms with Crippen molar-refractivity contribution in [2.24, 2.45) is 0 Å². The lowest BCUT2D eigenvalue weighted by atomic mass is 10.1. The van der Waals surface area contributed by atoms with Crippen molar-refractivity contribution >= 4 is 0 Å². The van der Waals surface area contributed by atoms with Gasteiger partial charge in [-0.25, -0.2) is 9.37 Å². The molecule has 0 atom stereocenters. The molecule has 0 saturated heterocycles. The fraction of sp³-hybridized carbons (Fsp3) is 0.250. The SMILES string of the molecule is OCCc1cnc(Cc2cccc(F)c2)o1. The zero-order valence-electron chi connectivity index (χ0n) is 8.69. The van der Waals surface area contributed by atoms with Crippen LogP contribution in [0.3, 0.4) is 0 Å². The normalized spacial score (nSPS) is 10.6. The van der Waals surface area contributed by atoms with Crippen molar-refractivity contribution in [2.45, 2.75) is 12.8 Å². The summed E-state index contributed by atoms with van der Waals surface area (Å²) in [6.07, 6.45) is 2.50. The van der Waals surface area contributed by atoms with E-state index in [9.17, 15) is 4.39 Å². The summed E-state index contributed by atoms with van der Waals surface area (Å²) in [6.45, 7) is 0.0363. The Kier molecular flexibility index (Phi) is 3.31. The number of aromatic nitrogens is 1. The van der Waals surface area contributed by atoms with Gasteiger partial charge in [-0.15, -0.1) is 0 Å². The predicted molar refractivity (Wildman–Crippen MR) is 56.5 cm³/mol. The molecule has 0 aliphatic rings. The Morgan fingerprint density at radius 2 is 2.25 bits per heavy atom. The summed E-state index contributed by atoms with van der Waals surface area (Å²) >= 11 is 0. The molecule has 1 N–H and O–H groups in total. The van der Waals surface area contributed by atoms with Gasteiger partial charge in [-0.3, -0.25) is 0 Å². The Morgan fingerprint density at radius 1 is 1.38 bits per heavy atom. The molecule has 84 valence electrons. The van der Waals surface area contributed by atoms with E-state index in [-0.39, 0.29) is 12.4 Å². The highest BCUT2D eigenvalue weighted by molar-refractivity contribution is 5.19. The zero-order chi connectivity index (χ0) is 11.4. The number of hydrogen-bond donors (Lipinski definition) is 1. The Bertz CT molecular complexity index is 468. The molecule has 0 fully saturated rings. The number of rotatable bonds is 4. The minimum absolute atomic E-state index is 0.0363. The van der Waals surface area contributed by atoms with Crippen LogP contribution in [0.25, 0.3) is 0 Å². The van der Waals surface area contributed by atoms with Crippen LogP contribution in [0.4, 0.5) is 4.39 Å². The van der Waals surface area contributed by atoms with Crippen LogP contribution < -0.4 is 0 Å². The van der Waals surface area contributed by atoms with Crippen LogP contribution in [-0.4, -0.2) is 16.7 Å². The van der Waals surface area contributed by atoms with E-state index in [1.54, 1.807) is 12.3 Å². The highest BCUT2D eigenvalue weighted by atomic mass is 19.1. The van der Waals surface area contributed by atoms with Crippen LogP contribution in [0.5, 0.6) is 0 Å². The third-order valence-corrected chi connectivity index (χ3v) is 2.20. The second-order valence-electron chi connectivity index (χ2n) is 3.50. The summed E-state index contributed by atoms with van der Waals surface area (Å²) in [7, 11) is 0. The van der Waals surface area contributed by atoms with Gasteiger partial charge in [0.25, 0.3) is 0 Å². The number of aliphatic hydroxyl groups is 1. The van der Waals surface area contributed by atoms with E-state index >= 15 is 0 Å². The highest BCUT2D eigenvalue weighted by Gasteiger charge is 2.05. The van der Waals surface area contributed by atoms with Crippen LogP contribution in [0, 0.1) is 5.82 Å². The van der Waals surface area contributed by atoms with E-state index in [0.29, 0.717) is 24.5 Å². The lowest BCUT2D eigenvalue weighted by Gasteiger charge is -1.97. The molecule has 0 amide bonds. The van der Waals surface area contributed by atoms with Crippen LogP contribution in [0.1, 0.15) is 17.2 Å². The van der Waals surface area contributed by atoms with Crippen molar-refractivity contribution in [2.75, 3.05) is 6.61 Å². The number of oxazole rings is 1. The van der Waals surface area contributed by atoms with Gasteiger partial charge in [0.2, 0.25) is 0 Å². The molecule has 0 spiro atoms. The summed E-state index contributed by atoms with van der Waals surface area (Å²) in [4.78, 5) is 4.06. The first-order valence-corrected chi connectivity index (χ1v) is 5.07. The molecule has 2 aromatic rings. The molecule has 0 bridgehead atoms. The Balaban J connectivity index is 2.08. The molecule has 4 heteroatoms. The van der Waals surface area contributed by atoms with Crippen molar-refractivity contribution < 1.29 is 13.9 Å². The minimum atomic E-state index is -0.264. The summed E-state index contributed by atoms with van der Waals surface area (Å²) in [5.41, 5.74) is 0.817. The first-order chi connectivity index (χ1) is 7.78. The van der Waals surface area contributed by atoms with Crippen LogP contribution >= 0.6 is 0 Å². The van der Waals surface area contributed by atoms with Gasteiger partial charge >= 0.3 is 0 Å². The molecule has 0 saturated carbocycles. The predicted octanol–water partition coefficient (Wildman–Crippen LogP) is 1.94. The van der Waals surface area contributed by atoms with E-state index in [0.717, 1.165) is 5.56 Å². The van der Waals surface area contributed by atoms with Gasteiger partial charge in [-0.2, -0.15) is 0 Å². The Labute approximate surface area is 92.6 Å². The first-order valence-electron chi connectivity index (χ1n) is 5.07. The molecule has 1 heterocycles. The third kappa shape index (κ3) is 2.67. The van der Waals surface area contributed by atoms with E-state index in [4.69, 9.17) is 9.52 Å². The molecule has 1 aromatic carbocycles. The van der Waals surface area contributed by atoms with E-state index in [2.05, 4.69) is 4.98 Å². The minimum Gasteiger partial charge on any atom is -0.445 e. The first kappa shape index (κ1) is 10.8. The van der Waals surface area contributed by atoms with Crippen molar-refractivity contribution in [3.63, 3.8) is 0 Å². The van der Waals surface area contributed by atoms with Gasteiger partial charge in [-0.05, 0) is 17.7 Å². The lowest BCUT2D eigenvalue weighted by molar-refractivity contribution is 0.286. The maximum absolute atomic E-state index is 12.9. The van der Waals surface area contributed by atoms with Crippen molar-refractivity contribution in [3.05, 3.63) is 53.5 Å². The zero-order valence-corrected chi connectivity index (χ0v) is 8.69. The number of aliphatic hydroxyl groups excluding tert-OH is 1. The number of benzene rings is 1. The van der Waals surface area contributed by atoms with Crippen molar-refractivity contribution in [1.29, 1.82) is 0 Å². The number of hydrogen-bond acceptors (Lipinski definition) is 3. The molecule has 3 nitrogen and oxygen atoms in total. The summed E-state index contributed by atoms with van der Waals surface area (Å²) < 4.78 is 18.3. The topological polar surface area (TPSA) is 46.3 Å². The summed E-state index contributed by atoms with van der Waals surface area (Å²) in [5.74, 6) is 0.919. The van der Waals surface area contributed by atoms with Gasteiger partial charge in [-0.1, -0.05) is 12.1 Å². The fourth-order valence-electron chi connectivity index (χ4n) is 1.48. The van der Waals surface area contributed by atoms with Gasteiger partial charge in [0.15, 0.2) is 5.89 Å². The van der Waals surface area contributed by atoms with E-state index < -0.39 is 0 Å². The second kappa shape index (κ2) is 4.90. The van der Waals surface area contributed by atoms with Crippen LogP contribution in [0.15, 0.2) is 34.9 Å². The van der Waals surface area contributed by atoms with Gasteiger partial charge < -0.3 is 9.52 Å². The monoisotopic (exact) mass is 221 g/mol. The second-order valence-corrected chi connectivity index (χ2v) is 3.50. The van der Waals surface area contributed by atoms with E-state index in [1.165, 1.54) is 12.1 Å². The molecule has 0 aliphatic carbocycles. The average molecular weight is 221 g/mol. The van der Waals surface area contributed by atoms with Crippen molar-refractivity contribution in [1.82, 2.24) is 4.98 Å². The molecular formula is C12H12FNO2.